The number of carboxylic acids is 4. The van der Waals surface area contributed by atoms with Crippen LogP contribution in [0.1, 0.15) is 421 Å². The van der Waals surface area contributed by atoms with Gasteiger partial charge in [0.25, 0.3) is 0 Å². The molecule has 0 amide bonds. The molecule has 0 radical (unpaired) electrons. The Morgan fingerprint density at radius 1 is 0.195 bits per heavy atom. The minimum Gasteiger partial charge on any atom is -0.550 e. The van der Waals surface area contributed by atoms with Crippen LogP contribution in [-0.4, -0.2) is 66.3 Å². The summed E-state index contributed by atoms with van der Waals surface area (Å²) in [6.07, 6.45) is 75.9. The van der Waals surface area contributed by atoms with Crippen LogP contribution in [0.2, 0.25) is 0 Å². The first-order valence-corrected chi connectivity index (χ1v) is 37.8. The van der Waals surface area contributed by atoms with Crippen molar-refractivity contribution < 1.29 is 39.6 Å². The monoisotopic (exact) mass is 1290 g/mol. The first-order chi connectivity index (χ1) is 39.4. The molecule has 488 valence electrons. The van der Waals surface area contributed by atoms with E-state index in [0.29, 0.717) is 7.92 Å². The van der Waals surface area contributed by atoms with E-state index in [1.54, 1.807) is 18.5 Å². The van der Waals surface area contributed by atoms with Crippen LogP contribution in [-0.2, 0) is 19.2 Å². The third kappa shape index (κ3) is 107. The Morgan fingerprint density at radius 2 is 0.305 bits per heavy atom. The average molecular weight is 1290 g/mol. The topological polar surface area (TPSA) is 161 Å². The minimum atomic E-state index is -0.909. The molecule has 0 unspecified atom stereocenters. The van der Waals surface area contributed by atoms with E-state index in [-0.39, 0.29) is 49.6 Å². The molecule has 0 aliphatic carbocycles. The maximum absolute atomic E-state index is 10.1. The number of carbonyl (C=O) groups is 4. The number of aliphatic carboxylic acids is 4. The molecule has 0 aliphatic heterocycles. The molecule has 10 heteroatoms. The van der Waals surface area contributed by atoms with Crippen LogP contribution in [0, 0.1) is 0 Å². The Morgan fingerprint density at radius 3 is 0.427 bits per heavy atom. The van der Waals surface area contributed by atoms with Crippen LogP contribution in [0.15, 0.2) is 0 Å². The van der Waals surface area contributed by atoms with Gasteiger partial charge in [0, 0.05) is 23.9 Å². The molecule has 0 aromatic rings. The molecular weight excluding hydrogens is 1140 g/mol. The summed E-state index contributed by atoms with van der Waals surface area (Å²) in [5.41, 5.74) is 0. The number of hydrogen-bond acceptors (Lipinski definition) is 8. The van der Waals surface area contributed by atoms with E-state index in [1.165, 1.54) is 295 Å². The van der Waals surface area contributed by atoms with Gasteiger partial charge in [0.05, 0.1) is 0 Å². The zero-order valence-corrected chi connectivity index (χ0v) is 60.1. The van der Waals surface area contributed by atoms with Crippen molar-refractivity contribution in [2.24, 2.45) is 0 Å². The van der Waals surface area contributed by atoms with Crippen molar-refractivity contribution in [2.75, 3.05) is 18.5 Å². The molecule has 0 rings (SSSR count). The van der Waals surface area contributed by atoms with Crippen molar-refractivity contribution in [1.29, 1.82) is 0 Å². The van der Waals surface area contributed by atoms with E-state index < -0.39 is 23.9 Å². The van der Waals surface area contributed by atoms with Gasteiger partial charge in [-0.05, 0) is 89.1 Å². The standard InChI is InChI=1S/C24H51P.4C12H24O2.Sn/c1-4-7-10-13-16-19-22-25(23-20-17-14-11-8-5-2)24-21-18-15-12-9-6-3;4*1-2-3-4-5-6-7-8-9-10-11-12(13)14;/h4-24H2,1-3H3;4*2-11H2,1H3,(H,13,14);/q;;;;;+4/p-4. The number of carbonyl (C=O) groups excluding carboxylic acids is 4. The summed E-state index contributed by atoms with van der Waals surface area (Å²) in [6, 6.07) is 0. The molecule has 0 aromatic carbocycles. The van der Waals surface area contributed by atoms with Gasteiger partial charge < -0.3 is 39.6 Å². The van der Waals surface area contributed by atoms with Gasteiger partial charge in [0.2, 0.25) is 0 Å². The van der Waals surface area contributed by atoms with Crippen LogP contribution < -0.4 is 20.4 Å². The second-order valence-electron chi connectivity index (χ2n) is 23.9. The molecule has 0 saturated carbocycles. The van der Waals surface area contributed by atoms with Gasteiger partial charge in [-0.3, -0.25) is 0 Å². The molecule has 0 atom stereocenters. The predicted molar refractivity (Wildman–Crippen MR) is 355 cm³/mol. The Hall–Kier alpha value is -0.891. The van der Waals surface area contributed by atoms with E-state index in [2.05, 4.69) is 48.5 Å². The van der Waals surface area contributed by atoms with Crippen LogP contribution in [0.5, 0.6) is 0 Å². The molecule has 0 N–H and O–H groups in total. The molecule has 0 heterocycles. The molecule has 0 aromatic heterocycles. The van der Waals surface area contributed by atoms with Gasteiger partial charge in [-0.25, -0.2) is 0 Å². The molecule has 0 fully saturated rings. The Bertz CT molecular complexity index is 1010. The zero-order valence-electron chi connectivity index (χ0n) is 56.3. The van der Waals surface area contributed by atoms with Crippen LogP contribution in [0.3, 0.4) is 0 Å². The van der Waals surface area contributed by atoms with Gasteiger partial charge in [-0.1, -0.05) is 350 Å². The number of rotatable bonds is 61. The molecule has 8 nitrogen and oxygen atoms in total. The first kappa shape index (κ1) is 92.3. The summed E-state index contributed by atoms with van der Waals surface area (Å²) in [4.78, 5) is 40.4. The van der Waals surface area contributed by atoms with Gasteiger partial charge in [0.1, 0.15) is 0 Å². The summed E-state index contributed by atoms with van der Waals surface area (Å²) < 4.78 is 0. The zero-order chi connectivity index (χ0) is 61.0. The number of carboxylic acid groups (broad SMARTS) is 4. The van der Waals surface area contributed by atoms with Crippen LogP contribution >= 0.6 is 7.92 Å². The van der Waals surface area contributed by atoms with Crippen molar-refractivity contribution in [3.05, 3.63) is 0 Å². The summed E-state index contributed by atoms with van der Waals surface area (Å²) >= 11 is 0. The first-order valence-electron chi connectivity index (χ1n) is 35.9. The maximum Gasteiger partial charge on any atom is 4.00 e. The Balaban J connectivity index is -0.000000225. The summed E-state index contributed by atoms with van der Waals surface area (Å²) in [5.74, 6) is -3.64. The fraction of sp³-hybridized carbons (Fsp3) is 0.944. The van der Waals surface area contributed by atoms with E-state index in [0.717, 1.165) is 51.4 Å². The molecule has 82 heavy (non-hydrogen) atoms. The van der Waals surface area contributed by atoms with Crippen molar-refractivity contribution in [1.82, 2.24) is 0 Å². The van der Waals surface area contributed by atoms with Gasteiger partial charge in [0.15, 0.2) is 0 Å². The number of hydrogen-bond donors (Lipinski definition) is 0. The van der Waals surface area contributed by atoms with Crippen molar-refractivity contribution in [3.8, 4) is 0 Å². The maximum atomic E-state index is 10.1. The average Bonchev–Trinajstić information content (AvgIpc) is 3.44. The largest absolute Gasteiger partial charge is 4.00 e. The van der Waals surface area contributed by atoms with Crippen molar-refractivity contribution >= 4 is 55.7 Å². The summed E-state index contributed by atoms with van der Waals surface area (Å²) in [7, 11) is 0.366. The number of unbranched alkanes of at least 4 members (excludes halogenated alkanes) is 47. The van der Waals surface area contributed by atoms with E-state index in [4.69, 9.17) is 0 Å². The fourth-order valence-corrected chi connectivity index (χ4v) is 12.7. The SMILES string of the molecule is CCCCCCCCCCCC(=O)[O-].CCCCCCCCCCCC(=O)[O-].CCCCCCCCCCCC(=O)[O-].CCCCCCCCCCCC(=O)[O-].CCCCCCCCP(CCCCCCCC)CCCCCCCC.[Sn+4]. The Kier molecular flexibility index (Phi) is 100.0. The van der Waals surface area contributed by atoms with Crippen molar-refractivity contribution in [2.45, 2.75) is 421 Å². The summed E-state index contributed by atoms with van der Waals surface area (Å²) in [6.45, 7) is 15.8. The molecule has 0 saturated heterocycles. The normalized spacial score (nSPS) is 10.6. The van der Waals surface area contributed by atoms with E-state index in [1.807, 2.05) is 0 Å². The third-order valence-corrected chi connectivity index (χ3v) is 18.3. The quantitative estimate of drug-likeness (QED) is 0.0330. The van der Waals surface area contributed by atoms with E-state index in [9.17, 15) is 39.6 Å². The van der Waals surface area contributed by atoms with Crippen molar-refractivity contribution in [3.63, 3.8) is 0 Å². The summed E-state index contributed by atoms with van der Waals surface area (Å²) in [5, 5.41) is 40.4. The molecular formula is C72H143O8PSn. The predicted octanol–water partition coefficient (Wildman–Crippen LogP) is 19.8. The van der Waals surface area contributed by atoms with Gasteiger partial charge >= 0.3 is 23.9 Å². The van der Waals surface area contributed by atoms with Crippen LogP contribution in [0.4, 0.5) is 0 Å². The second kappa shape index (κ2) is 88.9. The molecule has 0 bridgehead atoms. The third-order valence-electron chi connectivity index (χ3n) is 15.4. The fourth-order valence-electron chi connectivity index (χ4n) is 10.0. The second-order valence-corrected chi connectivity index (χ2v) is 26.6. The molecule has 0 aliphatic rings. The Labute approximate surface area is 531 Å². The van der Waals surface area contributed by atoms with Crippen LogP contribution in [0.25, 0.3) is 0 Å². The van der Waals surface area contributed by atoms with E-state index >= 15 is 0 Å². The molecule has 0 spiro atoms. The minimum absolute atomic E-state index is 0. The van der Waals surface area contributed by atoms with Gasteiger partial charge in [-0.2, -0.15) is 0 Å². The van der Waals surface area contributed by atoms with Gasteiger partial charge in [-0.15, -0.1) is 7.92 Å². The smallest absolute Gasteiger partial charge is 0.550 e.